The van der Waals surface area contributed by atoms with Crippen molar-refractivity contribution < 1.29 is 31.9 Å². The smallest absolute Gasteiger partial charge is 0.419 e. The maximum atomic E-state index is 13.5. The first-order chi connectivity index (χ1) is 11.4. The van der Waals surface area contributed by atoms with Crippen LogP contribution in [0.5, 0.6) is 0 Å². The molecule has 1 atom stereocenters. The number of hydrogen-bond acceptors (Lipinski definition) is 3. The van der Waals surface area contributed by atoms with Crippen molar-refractivity contribution in [3.05, 3.63) is 29.6 Å². The monoisotopic (exact) mass is 362 g/mol. The van der Waals surface area contributed by atoms with E-state index in [4.69, 9.17) is 4.74 Å². The third-order valence-corrected chi connectivity index (χ3v) is 3.49. The van der Waals surface area contributed by atoms with E-state index in [9.17, 15) is 27.2 Å². The van der Waals surface area contributed by atoms with Gasteiger partial charge >= 0.3 is 12.3 Å². The fourth-order valence-electron chi connectivity index (χ4n) is 2.25. The molecule has 138 valence electrons. The molecule has 1 aromatic carbocycles. The average Bonchev–Trinajstić information content (AvgIpc) is 2.32. The predicted molar refractivity (Wildman–Crippen MR) is 81.4 cm³/mol. The van der Waals surface area contributed by atoms with Gasteiger partial charge in [-0.05, 0) is 45.4 Å². The van der Waals surface area contributed by atoms with Gasteiger partial charge in [-0.15, -0.1) is 0 Å². The summed E-state index contributed by atoms with van der Waals surface area (Å²) in [5.41, 5.74) is -2.25. The Bertz CT molecular complexity index is 683. The molecule has 2 rings (SSSR count). The Balaban J connectivity index is 2.03. The second kappa shape index (κ2) is 6.53. The van der Waals surface area contributed by atoms with Crippen LogP contribution < -0.4 is 5.32 Å². The van der Waals surface area contributed by atoms with Crippen molar-refractivity contribution in [2.75, 3.05) is 11.9 Å². The summed E-state index contributed by atoms with van der Waals surface area (Å²) in [5.74, 6) is -2.10. The number of rotatable bonds is 2. The molecule has 0 aromatic heterocycles. The van der Waals surface area contributed by atoms with Crippen LogP contribution in [0, 0.1) is 5.82 Å². The molecule has 1 heterocycles. The number of carbonyl (C=O) groups excluding carboxylic acids is 2. The minimum Gasteiger partial charge on any atom is -0.444 e. The highest BCUT2D eigenvalue weighted by molar-refractivity contribution is 5.97. The summed E-state index contributed by atoms with van der Waals surface area (Å²) in [4.78, 5) is 25.3. The van der Waals surface area contributed by atoms with Crippen molar-refractivity contribution >= 4 is 17.7 Å². The quantitative estimate of drug-likeness (QED) is 0.815. The molecule has 0 bridgehead atoms. The summed E-state index contributed by atoms with van der Waals surface area (Å²) in [5, 5.41) is 2.32. The van der Waals surface area contributed by atoms with Gasteiger partial charge in [0.2, 0.25) is 5.91 Å². The Morgan fingerprint density at radius 2 is 1.88 bits per heavy atom. The van der Waals surface area contributed by atoms with E-state index < -0.39 is 41.2 Å². The van der Waals surface area contributed by atoms with Crippen LogP contribution in [0.2, 0.25) is 0 Å². The number of anilines is 1. The van der Waals surface area contributed by atoms with Crippen molar-refractivity contribution in [2.24, 2.45) is 0 Å². The number of amides is 2. The molecular formula is C16H18F4N2O3. The highest BCUT2D eigenvalue weighted by Gasteiger charge is 2.40. The molecule has 0 aliphatic carbocycles. The summed E-state index contributed by atoms with van der Waals surface area (Å²) >= 11 is 0. The summed E-state index contributed by atoms with van der Waals surface area (Å²) in [6, 6.07) is 1.30. The Labute approximate surface area is 141 Å². The van der Waals surface area contributed by atoms with Gasteiger partial charge in [-0.2, -0.15) is 13.2 Å². The minimum absolute atomic E-state index is 0.119. The first-order valence-electron chi connectivity index (χ1n) is 7.56. The second-order valence-electron chi connectivity index (χ2n) is 6.66. The number of nitrogens with zero attached hydrogens (tertiary/aromatic N) is 1. The fraction of sp³-hybridized carbons (Fsp3) is 0.500. The van der Waals surface area contributed by atoms with Crippen molar-refractivity contribution in [1.29, 1.82) is 0 Å². The molecule has 25 heavy (non-hydrogen) atoms. The second-order valence-corrected chi connectivity index (χ2v) is 6.66. The van der Waals surface area contributed by atoms with Crippen molar-refractivity contribution in [1.82, 2.24) is 4.90 Å². The van der Waals surface area contributed by atoms with Crippen LogP contribution in [0.3, 0.4) is 0 Å². The topological polar surface area (TPSA) is 58.6 Å². The zero-order valence-corrected chi connectivity index (χ0v) is 13.9. The molecule has 0 radical (unpaired) electrons. The van der Waals surface area contributed by atoms with Gasteiger partial charge in [0.1, 0.15) is 17.5 Å². The standard InChI is InChI=1S/C16H18F4N2O3/c1-15(2,3)25-14(24)22-7-6-12(22)13(23)21-9-4-5-10(11(17)8-9)16(18,19)20/h4-5,8,12H,6-7H2,1-3H3,(H,21,23)/t12-/m0/s1. The molecule has 1 fully saturated rings. The van der Waals surface area contributed by atoms with Crippen LogP contribution in [0.1, 0.15) is 32.8 Å². The number of halogens is 4. The number of carbonyl (C=O) groups is 2. The van der Waals surface area contributed by atoms with Crippen molar-refractivity contribution in [3.63, 3.8) is 0 Å². The largest absolute Gasteiger partial charge is 0.444 e. The Hall–Kier alpha value is -2.32. The van der Waals surface area contributed by atoms with E-state index >= 15 is 0 Å². The lowest BCUT2D eigenvalue weighted by atomic mass is 10.0. The van der Waals surface area contributed by atoms with E-state index in [-0.39, 0.29) is 5.69 Å². The van der Waals surface area contributed by atoms with Crippen LogP contribution in [-0.4, -0.2) is 35.1 Å². The van der Waals surface area contributed by atoms with E-state index in [1.165, 1.54) is 4.90 Å². The number of nitrogens with one attached hydrogen (secondary N) is 1. The van der Waals surface area contributed by atoms with Gasteiger partial charge in [0.25, 0.3) is 0 Å². The molecule has 0 saturated carbocycles. The molecule has 0 unspecified atom stereocenters. The van der Waals surface area contributed by atoms with E-state index in [1.807, 2.05) is 0 Å². The molecule has 1 N–H and O–H groups in total. The van der Waals surface area contributed by atoms with Crippen LogP contribution in [0.25, 0.3) is 0 Å². The van der Waals surface area contributed by atoms with E-state index in [1.54, 1.807) is 20.8 Å². The van der Waals surface area contributed by atoms with Crippen LogP contribution in [-0.2, 0) is 15.7 Å². The first kappa shape index (κ1) is 19.0. The van der Waals surface area contributed by atoms with E-state index in [0.717, 1.165) is 6.07 Å². The molecule has 2 amide bonds. The van der Waals surface area contributed by atoms with Crippen LogP contribution in [0.15, 0.2) is 18.2 Å². The highest BCUT2D eigenvalue weighted by Crippen LogP contribution is 2.32. The number of alkyl halides is 3. The molecule has 1 aliphatic heterocycles. The fourth-order valence-corrected chi connectivity index (χ4v) is 2.25. The van der Waals surface area contributed by atoms with Gasteiger partial charge in [0, 0.05) is 12.2 Å². The third kappa shape index (κ3) is 4.61. The molecule has 1 aromatic rings. The van der Waals surface area contributed by atoms with E-state index in [2.05, 4.69) is 5.32 Å². The zero-order chi connectivity index (χ0) is 19.0. The van der Waals surface area contributed by atoms with Crippen molar-refractivity contribution in [2.45, 2.75) is 45.0 Å². The minimum atomic E-state index is -4.81. The number of likely N-dealkylation sites (tertiary alicyclic amines) is 1. The summed E-state index contributed by atoms with van der Waals surface area (Å²) in [7, 11) is 0. The zero-order valence-electron chi connectivity index (χ0n) is 13.9. The lowest BCUT2D eigenvalue weighted by Crippen LogP contribution is -2.57. The summed E-state index contributed by atoms with van der Waals surface area (Å²) in [6.07, 6.45) is -5.08. The molecule has 1 aliphatic rings. The molecular weight excluding hydrogens is 344 g/mol. The SMILES string of the molecule is CC(C)(C)OC(=O)N1CC[C@H]1C(=O)Nc1ccc(C(F)(F)F)c(F)c1. The summed E-state index contributed by atoms with van der Waals surface area (Å²) < 4.78 is 56.3. The molecule has 9 heteroatoms. The Kier molecular flexibility index (Phi) is 4.97. The van der Waals surface area contributed by atoms with Gasteiger partial charge < -0.3 is 10.1 Å². The van der Waals surface area contributed by atoms with Crippen LogP contribution >= 0.6 is 0 Å². The van der Waals surface area contributed by atoms with Gasteiger partial charge in [-0.25, -0.2) is 9.18 Å². The van der Waals surface area contributed by atoms with Gasteiger partial charge in [-0.1, -0.05) is 0 Å². The number of hydrogen-bond donors (Lipinski definition) is 1. The Morgan fingerprint density at radius 1 is 1.24 bits per heavy atom. The van der Waals surface area contributed by atoms with Gasteiger partial charge in [-0.3, -0.25) is 9.69 Å². The molecule has 5 nitrogen and oxygen atoms in total. The maximum absolute atomic E-state index is 13.5. The average molecular weight is 362 g/mol. The normalized spacial score (nSPS) is 17.7. The summed E-state index contributed by atoms with van der Waals surface area (Å²) in [6.45, 7) is 5.38. The predicted octanol–water partition coefficient (Wildman–Crippen LogP) is 3.79. The number of ether oxygens (including phenoxy) is 1. The van der Waals surface area contributed by atoms with Crippen molar-refractivity contribution in [3.8, 4) is 0 Å². The number of benzene rings is 1. The lowest BCUT2D eigenvalue weighted by molar-refractivity contribution is -0.140. The van der Waals surface area contributed by atoms with Crippen LogP contribution in [0.4, 0.5) is 28.0 Å². The third-order valence-electron chi connectivity index (χ3n) is 3.49. The van der Waals surface area contributed by atoms with Gasteiger partial charge in [0.15, 0.2) is 0 Å². The lowest BCUT2D eigenvalue weighted by Gasteiger charge is -2.40. The first-order valence-corrected chi connectivity index (χ1v) is 7.56. The molecule has 0 spiro atoms. The maximum Gasteiger partial charge on any atom is 0.419 e. The van der Waals surface area contributed by atoms with Gasteiger partial charge in [0.05, 0.1) is 5.56 Å². The van der Waals surface area contributed by atoms with E-state index in [0.29, 0.717) is 25.1 Å². The molecule has 1 saturated heterocycles. The Morgan fingerprint density at radius 3 is 2.32 bits per heavy atom. The highest BCUT2D eigenvalue weighted by atomic mass is 19.4.